The van der Waals surface area contributed by atoms with Crippen LogP contribution in [0.2, 0.25) is 0 Å². The molecule has 5 heteroatoms. The third-order valence-corrected chi connectivity index (χ3v) is 7.17. The van der Waals surface area contributed by atoms with Crippen molar-refractivity contribution >= 4 is 21.8 Å². The van der Waals surface area contributed by atoms with E-state index in [4.69, 9.17) is 0 Å². The van der Waals surface area contributed by atoms with E-state index in [0.717, 1.165) is 13.1 Å². The summed E-state index contributed by atoms with van der Waals surface area (Å²) in [6.45, 7) is 2.23. The molecule has 3 heterocycles. The lowest BCUT2D eigenvalue weighted by atomic mass is 10.1. The number of fused-ring (bicyclic) bond motifs is 3. The number of aryl methyl sites for hydroxylation is 2. The molecule has 0 bridgehead atoms. The van der Waals surface area contributed by atoms with Crippen LogP contribution < -0.4 is 43.5 Å². The molecule has 0 fully saturated rings. The molecule has 0 saturated carbocycles. The molecular weight excluding hydrogens is 586 g/mol. The number of benzene rings is 2. The molecule has 0 unspecified atom stereocenters. The van der Waals surface area contributed by atoms with Gasteiger partial charge in [0.05, 0.1) is 0 Å². The second-order valence-corrected chi connectivity index (χ2v) is 9.63. The van der Waals surface area contributed by atoms with Gasteiger partial charge in [-0.05, 0) is 36.1 Å². The maximum atomic E-state index is 3.08. The molecule has 5 rings (SSSR count). The molecule has 0 radical (unpaired) electrons. The summed E-state index contributed by atoms with van der Waals surface area (Å²) in [6.07, 6.45) is 19.0. The molecule has 0 saturated heterocycles. The number of halogens is 2. The first-order chi connectivity index (χ1) is 17.4. The van der Waals surface area contributed by atoms with Gasteiger partial charge in [0.1, 0.15) is 6.54 Å². The molecule has 194 valence electrons. The van der Waals surface area contributed by atoms with E-state index in [1.165, 1.54) is 84.3 Å². The van der Waals surface area contributed by atoms with Gasteiger partial charge in [-0.1, -0.05) is 68.5 Å². The van der Waals surface area contributed by atoms with Crippen LogP contribution in [0.1, 0.15) is 51.4 Å². The van der Waals surface area contributed by atoms with E-state index in [2.05, 4.69) is 99.3 Å². The average Bonchev–Trinajstić information content (AvgIpc) is 3.24. The van der Waals surface area contributed by atoms with Crippen molar-refractivity contribution in [3.05, 3.63) is 97.6 Å². The number of unbranched alkanes of at least 4 members (excludes halogenated alkanes) is 7. The number of nitrogens with one attached hydrogen (secondary N) is 1. The Kier molecular flexibility index (Phi) is 11.8. The molecule has 5 aromatic rings. The molecule has 3 nitrogen and oxygen atoms in total. The first-order valence-corrected chi connectivity index (χ1v) is 13.3. The minimum atomic E-state index is 0. The van der Waals surface area contributed by atoms with Crippen molar-refractivity contribution in [1.29, 1.82) is 0 Å². The molecule has 0 aliphatic carbocycles. The highest BCUT2D eigenvalue weighted by Crippen LogP contribution is 2.29. The van der Waals surface area contributed by atoms with Gasteiger partial charge in [-0.15, -0.1) is 0 Å². The van der Waals surface area contributed by atoms with Gasteiger partial charge in [-0.3, -0.25) is 0 Å². The summed E-state index contributed by atoms with van der Waals surface area (Å²) in [5.41, 5.74) is 5.28. The SMILES string of the molecule is [Br-].[Br-].c1ccc2c(c1)c1ccccc1n2CCCCCCCCCC[n+]1ccc(-c2cc[nH+]cc2)cc1. The molecule has 0 amide bonds. The summed E-state index contributed by atoms with van der Waals surface area (Å²) in [5.74, 6) is 0. The molecule has 3 aromatic heterocycles. The van der Waals surface area contributed by atoms with Crippen molar-refractivity contribution in [2.24, 2.45) is 0 Å². The molecule has 0 atom stereocenters. The Balaban J connectivity index is 0.00000190. The highest BCUT2D eigenvalue weighted by atomic mass is 79.9. The number of aromatic amines is 1. The predicted molar refractivity (Wildman–Crippen MR) is 145 cm³/mol. The zero-order valence-electron chi connectivity index (χ0n) is 21.5. The maximum Gasteiger partial charge on any atom is 0.169 e. The third-order valence-electron chi connectivity index (χ3n) is 7.17. The van der Waals surface area contributed by atoms with Crippen LogP contribution >= 0.6 is 0 Å². The zero-order chi connectivity index (χ0) is 23.7. The average molecular weight is 623 g/mol. The smallest absolute Gasteiger partial charge is 0.169 e. The minimum Gasteiger partial charge on any atom is -1.00 e. The minimum absolute atomic E-state index is 0. The Morgan fingerprint density at radius 1 is 0.541 bits per heavy atom. The Morgan fingerprint density at radius 2 is 1.03 bits per heavy atom. The zero-order valence-corrected chi connectivity index (χ0v) is 24.6. The number of hydrogen-bond acceptors (Lipinski definition) is 0. The summed E-state index contributed by atoms with van der Waals surface area (Å²) in [7, 11) is 0. The Hall–Kier alpha value is -2.50. The van der Waals surface area contributed by atoms with E-state index < -0.39 is 0 Å². The van der Waals surface area contributed by atoms with Crippen molar-refractivity contribution in [2.75, 3.05) is 0 Å². The molecular formula is C32H37Br2N3. The lowest BCUT2D eigenvalue weighted by Gasteiger charge is -2.07. The van der Waals surface area contributed by atoms with E-state index >= 15 is 0 Å². The van der Waals surface area contributed by atoms with Crippen LogP contribution in [0.25, 0.3) is 32.9 Å². The monoisotopic (exact) mass is 621 g/mol. The van der Waals surface area contributed by atoms with Crippen molar-refractivity contribution in [2.45, 2.75) is 64.5 Å². The Bertz CT molecular complexity index is 1290. The molecule has 0 aliphatic heterocycles. The van der Waals surface area contributed by atoms with Crippen LogP contribution in [0.4, 0.5) is 0 Å². The van der Waals surface area contributed by atoms with Gasteiger partial charge in [-0.25, -0.2) is 9.55 Å². The van der Waals surface area contributed by atoms with Crippen LogP contribution in [0.5, 0.6) is 0 Å². The van der Waals surface area contributed by atoms with Crippen LogP contribution in [-0.2, 0) is 13.1 Å². The summed E-state index contributed by atoms with van der Waals surface area (Å²) < 4.78 is 4.83. The fourth-order valence-electron chi connectivity index (χ4n) is 5.25. The quantitative estimate of drug-likeness (QED) is 0.148. The summed E-state index contributed by atoms with van der Waals surface area (Å²) in [6, 6.07) is 26.3. The largest absolute Gasteiger partial charge is 1.00 e. The van der Waals surface area contributed by atoms with Gasteiger partial charge in [-0.2, -0.15) is 0 Å². The maximum absolute atomic E-state index is 3.08. The van der Waals surface area contributed by atoms with Gasteiger partial charge < -0.3 is 38.5 Å². The standard InChI is InChI=1S/C32H36N3.2BrH/c1(3-5-11-23-34-25-19-28(20-26-34)27-17-21-33-22-18-27)2-4-6-12-24-35-31-15-9-7-13-29(31)30-14-8-10-16-32(30)35;;/h7-10,13-22,25-26H,1-6,11-12,23-24H2;2*1H/q+1;;/p-1. The summed E-state index contributed by atoms with van der Waals surface area (Å²) in [5, 5.41) is 2.76. The highest BCUT2D eigenvalue weighted by Gasteiger charge is 2.09. The van der Waals surface area contributed by atoms with E-state index in [-0.39, 0.29) is 34.0 Å². The molecule has 0 aliphatic rings. The first-order valence-electron chi connectivity index (χ1n) is 13.3. The normalized spacial score (nSPS) is 10.8. The first kappa shape index (κ1) is 29.1. The van der Waals surface area contributed by atoms with Gasteiger partial charge in [0.25, 0.3) is 0 Å². The van der Waals surface area contributed by atoms with E-state index in [1.54, 1.807) is 0 Å². The lowest BCUT2D eigenvalue weighted by Crippen LogP contribution is -3.00. The number of rotatable bonds is 12. The number of H-pyrrole nitrogens is 1. The topological polar surface area (TPSA) is 22.9 Å². The Labute approximate surface area is 242 Å². The van der Waals surface area contributed by atoms with Crippen LogP contribution in [-0.4, -0.2) is 4.57 Å². The molecule has 1 N–H and O–H groups in total. The number of hydrogen-bond donors (Lipinski definition) is 0. The van der Waals surface area contributed by atoms with E-state index in [9.17, 15) is 0 Å². The number of pyridine rings is 2. The fourth-order valence-corrected chi connectivity index (χ4v) is 5.25. The van der Waals surface area contributed by atoms with Crippen molar-refractivity contribution in [3.8, 4) is 11.1 Å². The van der Waals surface area contributed by atoms with Crippen molar-refractivity contribution in [1.82, 2.24) is 4.57 Å². The van der Waals surface area contributed by atoms with E-state index in [0.29, 0.717) is 0 Å². The third kappa shape index (κ3) is 7.52. The number of aromatic nitrogens is 3. The van der Waals surface area contributed by atoms with Gasteiger partial charge in [0.15, 0.2) is 24.8 Å². The van der Waals surface area contributed by atoms with E-state index in [1.807, 2.05) is 12.4 Å². The molecule has 0 spiro atoms. The molecule has 2 aromatic carbocycles. The number of nitrogens with zero attached hydrogens (tertiary/aromatic N) is 2. The second-order valence-electron chi connectivity index (χ2n) is 9.63. The van der Waals surface area contributed by atoms with Crippen LogP contribution in [0.3, 0.4) is 0 Å². The molecule has 37 heavy (non-hydrogen) atoms. The number of para-hydroxylation sites is 2. The van der Waals surface area contributed by atoms with Gasteiger partial charge in [0, 0.05) is 59.0 Å². The van der Waals surface area contributed by atoms with Crippen molar-refractivity contribution in [3.63, 3.8) is 0 Å². The van der Waals surface area contributed by atoms with Gasteiger partial charge in [0.2, 0.25) is 0 Å². The van der Waals surface area contributed by atoms with Gasteiger partial charge >= 0.3 is 0 Å². The Morgan fingerprint density at radius 3 is 1.62 bits per heavy atom. The fraction of sp³-hybridized carbons (Fsp3) is 0.312. The van der Waals surface area contributed by atoms with Crippen molar-refractivity contribution < 1.29 is 43.5 Å². The summed E-state index contributed by atoms with van der Waals surface area (Å²) in [4.78, 5) is 3.08. The highest BCUT2D eigenvalue weighted by molar-refractivity contribution is 6.07. The lowest BCUT2D eigenvalue weighted by molar-refractivity contribution is -0.697. The van der Waals surface area contributed by atoms with Crippen LogP contribution in [0, 0.1) is 0 Å². The predicted octanol–water partition coefficient (Wildman–Crippen LogP) is 1.39. The summed E-state index contributed by atoms with van der Waals surface area (Å²) >= 11 is 0. The second kappa shape index (κ2) is 15.0. The van der Waals surface area contributed by atoms with Crippen LogP contribution in [0.15, 0.2) is 97.6 Å².